The quantitative estimate of drug-likeness (QED) is 0.353. The lowest BCUT2D eigenvalue weighted by Crippen LogP contribution is -2.01. The summed E-state index contributed by atoms with van der Waals surface area (Å²) in [6.45, 7) is 3.80. The van der Waals surface area contributed by atoms with Gasteiger partial charge in [0.05, 0.1) is 20.3 Å². The second-order valence-electron chi connectivity index (χ2n) is 6.98. The van der Waals surface area contributed by atoms with E-state index in [1.165, 1.54) is 0 Å². The minimum Gasteiger partial charge on any atom is -0.497 e. The molecule has 1 heterocycles. The van der Waals surface area contributed by atoms with Crippen LogP contribution in [0.3, 0.4) is 0 Å². The van der Waals surface area contributed by atoms with E-state index in [0.717, 1.165) is 59.0 Å². The summed E-state index contributed by atoms with van der Waals surface area (Å²) in [6, 6.07) is 17.4. The first kappa shape index (κ1) is 20.7. The Balaban J connectivity index is 1.87. The number of benzene rings is 2. The maximum absolute atomic E-state index is 10.7. The number of methoxy groups -OCH3 is 2. The lowest BCUT2D eigenvalue weighted by molar-refractivity contribution is 0.170. The zero-order valence-corrected chi connectivity index (χ0v) is 17.1. The molecule has 1 aromatic heterocycles. The Morgan fingerprint density at radius 2 is 1.76 bits per heavy atom. The highest BCUT2D eigenvalue weighted by Gasteiger charge is 2.17. The van der Waals surface area contributed by atoms with E-state index in [1.54, 1.807) is 14.2 Å². The van der Waals surface area contributed by atoms with Gasteiger partial charge >= 0.3 is 0 Å². The van der Waals surface area contributed by atoms with Gasteiger partial charge < -0.3 is 19.0 Å². The van der Waals surface area contributed by atoms with Crippen molar-refractivity contribution < 1.29 is 19.0 Å². The zero-order chi connectivity index (χ0) is 20.6. The molecular weight excluding hydrogens is 364 g/mol. The Kier molecular flexibility index (Phi) is 7.14. The van der Waals surface area contributed by atoms with E-state index in [-0.39, 0.29) is 0 Å². The third kappa shape index (κ3) is 5.30. The summed E-state index contributed by atoms with van der Waals surface area (Å²) in [6.07, 6.45) is 4.49. The Morgan fingerprint density at radius 1 is 1.03 bits per heavy atom. The molecule has 4 nitrogen and oxygen atoms in total. The standard InChI is InChI=1S/C25H28O4/c1-4-5-6-9-19-16-23(17-24(26)18-10-7-12-21(14-18)27-2)29-25(19)20-11-8-13-22(15-20)28-3/h4,7-8,10-16,24,26H,1,5-6,9,17H2,2-3H3. The maximum atomic E-state index is 10.7. The van der Waals surface area contributed by atoms with Crippen LogP contribution in [0.4, 0.5) is 0 Å². The monoisotopic (exact) mass is 392 g/mol. The van der Waals surface area contributed by atoms with E-state index in [4.69, 9.17) is 13.9 Å². The Morgan fingerprint density at radius 3 is 2.48 bits per heavy atom. The van der Waals surface area contributed by atoms with Crippen LogP contribution in [0.1, 0.15) is 35.8 Å². The molecule has 0 saturated heterocycles. The molecule has 0 saturated carbocycles. The number of aliphatic hydroxyl groups excluding tert-OH is 1. The maximum Gasteiger partial charge on any atom is 0.137 e. The van der Waals surface area contributed by atoms with E-state index in [9.17, 15) is 5.11 Å². The second kappa shape index (κ2) is 9.99. The summed E-state index contributed by atoms with van der Waals surface area (Å²) in [5.74, 6) is 3.10. The number of hydrogen-bond acceptors (Lipinski definition) is 4. The number of hydrogen-bond donors (Lipinski definition) is 1. The Hall–Kier alpha value is -2.98. The van der Waals surface area contributed by atoms with Gasteiger partial charge in [0, 0.05) is 12.0 Å². The molecule has 0 spiro atoms. The molecule has 0 amide bonds. The molecule has 1 unspecified atom stereocenters. The van der Waals surface area contributed by atoms with E-state index >= 15 is 0 Å². The van der Waals surface area contributed by atoms with Crippen LogP contribution in [0.25, 0.3) is 11.3 Å². The van der Waals surface area contributed by atoms with Crippen molar-refractivity contribution in [3.05, 3.63) is 84.1 Å². The van der Waals surface area contributed by atoms with Crippen LogP contribution in [0.15, 0.2) is 71.7 Å². The lowest BCUT2D eigenvalue weighted by Gasteiger charge is -2.10. The fourth-order valence-electron chi connectivity index (χ4n) is 3.37. The van der Waals surface area contributed by atoms with Gasteiger partial charge in [0.15, 0.2) is 0 Å². The molecule has 4 heteroatoms. The summed E-state index contributed by atoms with van der Waals surface area (Å²) in [5, 5.41) is 10.7. The van der Waals surface area contributed by atoms with Crippen LogP contribution in [0.5, 0.6) is 11.5 Å². The fraction of sp³-hybridized carbons (Fsp3) is 0.280. The van der Waals surface area contributed by atoms with Gasteiger partial charge in [-0.15, -0.1) is 6.58 Å². The average Bonchev–Trinajstić information content (AvgIpc) is 3.16. The van der Waals surface area contributed by atoms with E-state index in [1.807, 2.05) is 54.6 Å². The van der Waals surface area contributed by atoms with Crippen LogP contribution >= 0.6 is 0 Å². The largest absolute Gasteiger partial charge is 0.497 e. The normalized spacial score (nSPS) is 11.8. The third-order valence-corrected chi connectivity index (χ3v) is 4.92. The summed E-state index contributed by atoms with van der Waals surface area (Å²) < 4.78 is 16.8. The molecule has 3 aromatic rings. The highest BCUT2D eigenvalue weighted by molar-refractivity contribution is 5.64. The number of aliphatic hydroxyl groups is 1. The Bertz CT molecular complexity index is 942. The first-order chi connectivity index (χ1) is 14.1. The van der Waals surface area contributed by atoms with Crippen molar-refractivity contribution in [2.75, 3.05) is 14.2 Å². The summed E-state index contributed by atoms with van der Waals surface area (Å²) in [5.41, 5.74) is 2.91. The van der Waals surface area contributed by atoms with Crippen LogP contribution in [0.2, 0.25) is 0 Å². The van der Waals surface area contributed by atoms with Crippen LogP contribution in [-0.4, -0.2) is 19.3 Å². The molecule has 3 rings (SSSR count). The van der Waals surface area contributed by atoms with Gasteiger partial charge in [0.1, 0.15) is 23.0 Å². The summed E-state index contributed by atoms with van der Waals surface area (Å²) >= 11 is 0. The van der Waals surface area contributed by atoms with E-state index in [0.29, 0.717) is 6.42 Å². The molecule has 29 heavy (non-hydrogen) atoms. The lowest BCUT2D eigenvalue weighted by atomic mass is 10.0. The van der Waals surface area contributed by atoms with Crippen molar-refractivity contribution in [3.63, 3.8) is 0 Å². The summed E-state index contributed by atoms with van der Waals surface area (Å²) in [7, 11) is 3.27. The van der Waals surface area contributed by atoms with Crippen molar-refractivity contribution in [1.82, 2.24) is 0 Å². The minimum absolute atomic E-state index is 0.394. The highest BCUT2D eigenvalue weighted by atomic mass is 16.5. The number of furan rings is 1. The first-order valence-corrected chi connectivity index (χ1v) is 9.83. The molecular formula is C25H28O4. The van der Waals surface area contributed by atoms with Crippen molar-refractivity contribution in [2.24, 2.45) is 0 Å². The van der Waals surface area contributed by atoms with E-state index in [2.05, 4.69) is 12.6 Å². The molecule has 0 bridgehead atoms. The van der Waals surface area contributed by atoms with Crippen LogP contribution in [-0.2, 0) is 12.8 Å². The average molecular weight is 392 g/mol. The van der Waals surface area contributed by atoms with Gasteiger partial charge in [0.2, 0.25) is 0 Å². The summed E-state index contributed by atoms with van der Waals surface area (Å²) in [4.78, 5) is 0. The van der Waals surface area contributed by atoms with Gasteiger partial charge in [-0.3, -0.25) is 0 Å². The molecule has 2 aromatic carbocycles. The van der Waals surface area contributed by atoms with Crippen molar-refractivity contribution in [3.8, 4) is 22.8 Å². The first-order valence-electron chi connectivity index (χ1n) is 9.83. The third-order valence-electron chi connectivity index (χ3n) is 4.92. The second-order valence-corrected chi connectivity index (χ2v) is 6.98. The molecule has 0 aliphatic rings. The van der Waals surface area contributed by atoms with Crippen molar-refractivity contribution >= 4 is 0 Å². The SMILES string of the molecule is C=CCCCc1cc(CC(O)c2cccc(OC)c2)oc1-c1cccc(OC)c1. The molecule has 0 radical (unpaired) electrons. The zero-order valence-electron chi connectivity index (χ0n) is 17.1. The molecule has 0 aliphatic carbocycles. The topological polar surface area (TPSA) is 51.8 Å². The highest BCUT2D eigenvalue weighted by Crippen LogP contribution is 2.33. The van der Waals surface area contributed by atoms with Gasteiger partial charge in [-0.25, -0.2) is 0 Å². The predicted octanol–water partition coefficient (Wildman–Crippen LogP) is 5.75. The molecule has 0 aliphatic heterocycles. The number of rotatable bonds is 10. The smallest absolute Gasteiger partial charge is 0.137 e. The molecule has 152 valence electrons. The molecule has 1 atom stereocenters. The number of aryl methyl sites for hydroxylation is 1. The minimum atomic E-state index is -0.671. The van der Waals surface area contributed by atoms with Gasteiger partial charge in [0.25, 0.3) is 0 Å². The number of allylic oxidation sites excluding steroid dienone is 1. The van der Waals surface area contributed by atoms with Gasteiger partial charge in [-0.1, -0.05) is 30.3 Å². The van der Waals surface area contributed by atoms with Crippen LogP contribution < -0.4 is 9.47 Å². The van der Waals surface area contributed by atoms with Crippen molar-refractivity contribution in [2.45, 2.75) is 31.8 Å². The van der Waals surface area contributed by atoms with Gasteiger partial charge in [-0.05, 0) is 60.7 Å². The van der Waals surface area contributed by atoms with Crippen LogP contribution in [0, 0.1) is 0 Å². The van der Waals surface area contributed by atoms with Gasteiger partial charge in [-0.2, -0.15) is 0 Å². The fourth-order valence-corrected chi connectivity index (χ4v) is 3.37. The van der Waals surface area contributed by atoms with Crippen molar-refractivity contribution in [1.29, 1.82) is 0 Å². The number of ether oxygens (including phenoxy) is 2. The Labute approximate surface area is 172 Å². The number of unbranched alkanes of at least 4 members (excludes halogenated alkanes) is 1. The molecule has 0 fully saturated rings. The predicted molar refractivity (Wildman–Crippen MR) is 115 cm³/mol. The molecule has 1 N–H and O–H groups in total. The van der Waals surface area contributed by atoms with E-state index < -0.39 is 6.10 Å².